The van der Waals surface area contributed by atoms with Crippen LogP contribution in [0.3, 0.4) is 0 Å². The Morgan fingerprint density at radius 1 is 1.44 bits per heavy atom. The highest BCUT2D eigenvalue weighted by Gasteiger charge is 2.07. The van der Waals surface area contributed by atoms with Gasteiger partial charge in [0.1, 0.15) is 4.60 Å². The lowest BCUT2D eigenvalue weighted by Crippen LogP contribution is -2.04. The van der Waals surface area contributed by atoms with Crippen LogP contribution >= 0.6 is 27.3 Å². The summed E-state index contributed by atoms with van der Waals surface area (Å²) in [5.74, 6) is 0.792. The number of nitrogens with zero attached hydrogens (tertiary/aromatic N) is 3. The van der Waals surface area contributed by atoms with Crippen molar-refractivity contribution in [3.05, 3.63) is 45.1 Å². The first-order valence-corrected chi connectivity index (χ1v) is 7.22. The number of fused-ring (bicyclic) bond motifs is 1. The molecule has 0 saturated carbocycles. The summed E-state index contributed by atoms with van der Waals surface area (Å²) in [6.45, 7) is 2.88. The Labute approximate surface area is 117 Å². The highest BCUT2D eigenvalue weighted by atomic mass is 79.9. The molecule has 0 radical (unpaired) electrons. The van der Waals surface area contributed by atoms with E-state index in [2.05, 4.69) is 48.9 Å². The van der Waals surface area contributed by atoms with Crippen LogP contribution in [-0.2, 0) is 6.54 Å². The molecule has 0 unspecified atom stereocenters. The van der Waals surface area contributed by atoms with E-state index in [4.69, 9.17) is 0 Å². The van der Waals surface area contributed by atoms with Crippen molar-refractivity contribution in [1.82, 2.24) is 14.4 Å². The van der Waals surface area contributed by atoms with E-state index in [-0.39, 0.29) is 0 Å². The van der Waals surface area contributed by atoms with E-state index in [0.29, 0.717) is 0 Å². The Kier molecular flexibility index (Phi) is 3.05. The van der Waals surface area contributed by atoms with Crippen molar-refractivity contribution in [3.8, 4) is 0 Å². The third-order valence-electron chi connectivity index (χ3n) is 2.75. The molecule has 3 aromatic rings. The summed E-state index contributed by atoms with van der Waals surface area (Å²) in [5.41, 5.74) is 3.44. The summed E-state index contributed by atoms with van der Waals surface area (Å²) in [6.07, 6.45) is 5.57. The Morgan fingerprint density at radius 2 is 2.33 bits per heavy atom. The predicted molar refractivity (Wildman–Crippen MR) is 77.1 cm³/mol. The largest absolute Gasteiger partial charge is 0.363 e. The van der Waals surface area contributed by atoms with E-state index in [1.165, 1.54) is 11.1 Å². The van der Waals surface area contributed by atoms with Crippen LogP contribution in [0.25, 0.3) is 5.65 Å². The molecule has 0 fully saturated rings. The molecule has 3 rings (SSSR count). The first-order chi connectivity index (χ1) is 8.74. The summed E-state index contributed by atoms with van der Waals surface area (Å²) in [4.78, 5) is 8.73. The molecule has 92 valence electrons. The molecule has 18 heavy (non-hydrogen) atoms. The zero-order valence-corrected chi connectivity index (χ0v) is 12.1. The number of anilines is 1. The molecule has 0 aromatic carbocycles. The van der Waals surface area contributed by atoms with Gasteiger partial charge in [0.25, 0.3) is 0 Å². The van der Waals surface area contributed by atoms with E-state index in [1.54, 1.807) is 17.5 Å². The van der Waals surface area contributed by atoms with E-state index in [1.807, 2.05) is 16.8 Å². The minimum Gasteiger partial charge on any atom is -0.363 e. The standard InChI is InChI=1S/C12H11BrN4S/c1-8-6-18-7-9(8)4-15-11-12-14-2-3-17(12)5-10(13)16-11/h2-3,5-7H,4H2,1H3,(H,15,16). The molecule has 3 aromatic heterocycles. The van der Waals surface area contributed by atoms with Gasteiger partial charge in [-0.1, -0.05) is 0 Å². The van der Waals surface area contributed by atoms with Crippen molar-refractivity contribution in [2.24, 2.45) is 0 Å². The number of rotatable bonds is 3. The highest BCUT2D eigenvalue weighted by molar-refractivity contribution is 9.10. The summed E-state index contributed by atoms with van der Waals surface area (Å²) in [5, 5.41) is 7.65. The summed E-state index contributed by atoms with van der Waals surface area (Å²) in [7, 11) is 0. The third kappa shape index (κ3) is 2.13. The quantitative estimate of drug-likeness (QED) is 0.802. The molecule has 0 bridgehead atoms. The monoisotopic (exact) mass is 322 g/mol. The van der Waals surface area contributed by atoms with Crippen LogP contribution in [-0.4, -0.2) is 14.4 Å². The Hall–Kier alpha value is -1.40. The Bertz CT molecular complexity index is 688. The van der Waals surface area contributed by atoms with Crippen LogP contribution in [0, 0.1) is 6.92 Å². The second-order valence-electron chi connectivity index (χ2n) is 4.00. The van der Waals surface area contributed by atoms with Gasteiger partial charge in [-0.05, 0) is 44.7 Å². The number of halogens is 1. The first kappa shape index (κ1) is 11.7. The van der Waals surface area contributed by atoms with Crippen molar-refractivity contribution >= 4 is 38.7 Å². The molecular formula is C12H11BrN4S. The molecular weight excluding hydrogens is 312 g/mol. The summed E-state index contributed by atoms with van der Waals surface area (Å²) >= 11 is 5.12. The highest BCUT2D eigenvalue weighted by Crippen LogP contribution is 2.19. The van der Waals surface area contributed by atoms with E-state index in [9.17, 15) is 0 Å². The number of hydrogen-bond acceptors (Lipinski definition) is 4. The smallest absolute Gasteiger partial charge is 0.180 e. The van der Waals surface area contributed by atoms with Gasteiger partial charge in [0.05, 0.1) is 0 Å². The molecule has 0 aliphatic rings. The van der Waals surface area contributed by atoms with E-state index >= 15 is 0 Å². The van der Waals surface area contributed by atoms with Gasteiger partial charge in [-0.2, -0.15) is 11.3 Å². The number of aromatic nitrogens is 3. The molecule has 1 N–H and O–H groups in total. The molecule has 0 spiro atoms. The van der Waals surface area contributed by atoms with Crippen LogP contribution in [0.15, 0.2) is 34.0 Å². The van der Waals surface area contributed by atoms with Crippen molar-refractivity contribution in [3.63, 3.8) is 0 Å². The fourth-order valence-electron chi connectivity index (χ4n) is 1.77. The Balaban J connectivity index is 1.90. The maximum Gasteiger partial charge on any atom is 0.180 e. The topological polar surface area (TPSA) is 42.2 Å². The van der Waals surface area contributed by atoms with Gasteiger partial charge < -0.3 is 9.72 Å². The van der Waals surface area contributed by atoms with Gasteiger partial charge in [-0.15, -0.1) is 0 Å². The fraction of sp³-hybridized carbons (Fsp3) is 0.167. The van der Waals surface area contributed by atoms with Gasteiger partial charge in [0, 0.05) is 25.1 Å². The maximum atomic E-state index is 4.43. The van der Waals surface area contributed by atoms with Crippen LogP contribution in [0.4, 0.5) is 5.82 Å². The van der Waals surface area contributed by atoms with Gasteiger partial charge >= 0.3 is 0 Å². The molecule has 0 aliphatic heterocycles. The molecule has 6 heteroatoms. The number of imidazole rings is 1. The van der Waals surface area contributed by atoms with Crippen LogP contribution < -0.4 is 5.32 Å². The lowest BCUT2D eigenvalue weighted by Gasteiger charge is -2.07. The molecule has 4 nitrogen and oxygen atoms in total. The second kappa shape index (κ2) is 4.70. The average molecular weight is 323 g/mol. The molecule has 0 atom stereocenters. The van der Waals surface area contributed by atoms with Gasteiger partial charge in [-0.25, -0.2) is 9.97 Å². The van der Waals surface area contributed by atoms with Crippen molar-refractivity contribution in [2.45, 2.75) is 13.5 Å². The van der Waals surface area contributed by atoms with Crippen molar-refractivity contribution in [1.29, 1.82) is 0 Å². The van der Waals surface area contributed by atoms with Crippen molar-refractivity contribution in [2.75, 3.05) is 5.32 Å². The van der Waals surface area contributed by atoms with Gasteiger partial charge in [-0.3, -0.25) is 0 Å². The van der Waals surface area contributed by atoms with Crippen LogP contribution in [0.5, 0.6) is 0 Å². The van der Waals surface area contributed by atoms with Crippen molar-refractivity contribution < 1.29 is 0 Å². The first-order valence-electron chi connectivity index (χ1n) is 5.49. The summed E-state index contributed by atoms with van der Waals surface area (Å²) < 4.78 is 2.73. The molecule has 0 saturated heterocycles. The maximum absolute atomic E-state index is 4.43. The molecule has 3 heterocycles. The van der Waals surface area contributed by atoms with Gasteiger partial charge in [0.15, 0.2) is 11.5 Å². The average Bonchev–Trinajstić information content (AvgIpc) is 2.94. The lowest BCUT2D eigenvalue weighted by molar-refractivity contribution is 1.05. The number of nitrogens with one attached hydrogen (secondary N) is 1. The number of hydrogen-bond donors (Lipinski definition) is 1. The van der Waals surface area contributed by atoms with Gasteiger partial charge in [0.2, 0.25) is 0 Å². The van der Waals surface area contributed by atoms with Crippen LogP contribution in [0.2, 0.25) is 0 Å². The third-order valence-corrected chi connectivity index (χ3v) is 4.04. The number of thiophene rings is 1. The zero-order valence-electron chi connectivity index (χ0n) is 9.72. The van der Waals surface area contributed by atoms with Crippen LogP contribution in [0.1, 0.15) is 11.1 Å². The summed E-state index contributed by atoms with van der Waals surface area (Å²) in [6, 6.07) is 0. The number of aryl methyl sites for hydroxylation is 1. The second-order valence-corrected chi connectivity index (χ2v) is 5.56. The predicted octanol–water partition coefficient (Wildman–Crippen LogP) is 3.47. The minimum atomic E-state index is 0.765. The molecule has 0 amide bonds. The Morgan fingerprint density at radius 3 is 3.11 bits per heavy atom. The SMILES string of the molecule is Cc1cscc1CNc1nc(Br)cn2ccnc12. The minimum absolute atomic E-state index is 0.765. The lowest BCUT2D eigenvalue weighted by atomic mass is 10.2. The fourth-order valence-corrected chi connectivity index (χ4v) is 3.02. The van der Waals surface area contributed by atoms with E-state index in [0.717, 1.165) is 22.6 Å². The zero-order chi connectivity index (χ0) is 12.5. The molecule has 0 aliphatic carbocycles. The van der Waals surface area contributed by atoms with E-state index < -0.39 is 0 Å². The normalized spacial score (nSPS) is 11.0.